The van der Waals surface area contributed by atoms with Crippen molar-refractivity contribution in [1.82, 2.24) is 14.5 Å². The molecule has 2 aromatic rings. The fraction of sp³-hybridized carbons (Fsp3) is 0.545. The van der Waals surface area contributed by atoms with Crippen LogP contribution in [0, 0.1) is 0 Å². The van der Waals surface area contributed by atoms with E-state index >= 15 is 0 Å². The van der Waals surface area contributed by atoms with Gasteiger partial charge in [0.25, 0.3) is 5.95 Å². The van der Waals surface area contributed by atoms with Crippen molar-refractivity contribution in [3.8, 4) is 5.88 Å². The molecule has 21 heavy (non-hydrogen) atoms. The van der Waals surface area contributed by atoms with Gasteiger partial charge < -0.3 is 30.9 Å². The summed E-state index contributed by atoms with van der Waals surface area (Å²) in [6, 6.07) is 0. The lowest BCUT2D eigenvalue weighted by Gasteiger charge is -2.12. The number of aliphatic hydroxyl groups is 3. The van der Waals surface area contributed by atoms with Crippen molar-refractivity contribution in [3.63, 3.8) is 0 Å². The van der Waals surface area contributed by atoms with E-state index in [0.717, 1.165) is 0 Å². The van der Waals surface area contributed by atoms with E-state index in [2.05, 4.69) is 9.97 Å². The van der Waals surface area contributed by atoms with Gasteiger partial charge in [-0.15, -0.1) is 0 Å². The molecule has 2 aromatic heterocycles. The maximum absolute atomic E-state index is 11.9. The Labute approximate surface area is 118 Å². The van der Waals surface area contributed by atoms with Crippen LogP contribution in [0.2, 0.25) is 0 Å². The molecule has 1 aliphatic rings. The largest absolute Gasteiger partial charge is 0.856 e. The van der Waals surface area contributed by atoms with E-state index in [9.17, 15) is 15.3 Å². The third-order valence-corrected chi connectivity index (χ3v) is 3.54. The van der Waals surface area contributed by atoms with Gasteiger partial charge in [-0.25, -0.2) is 9.55 Å². The fourth-order valence-corrected chi connectivity index (χ4v) is 2.52. The second kappa shape index (κ2) is 4.77. The second-order valence-electron chi connectivity index (χ2n) is 4.92. The number of nitrogen functional groups attached to an aromatic ring is 1. The number of nitrogens with two attached hydrogens (primary N) is 1. The first-order valence-corrected chi connectivity index (χ1v) is 6.27. The molecule has 0 saturated carbocycles. The lowest BCUT2D eigenvalue weighted by atomic mass is 10.1. The Morgan fingerprint density at radius 3 is 2.76 bits per heavy atom. The summed E-state index contributed by atoms with van der Waals surface area (Å²) in [6.07, 6.45) is -2.94. The van der Waals surface area contributed by atoms with Crippen LogP contribution in [-0.2, 0) is 11.8 Å². The first kappa shape index (κ1) is 13.9. The Balaban J connectivity index is 2.13. The van der Waals surface area contributed by atoms with Gasteiger partial charge in [0.1, 0.15) is 18.3 Å². The van der Waals surface area contributed by atoms with E-state index < -0.39 is 37.0 Å². The lowest BCUT2D eigenvalue weighted by molar-refractivity contribution is -0.745. The molecule has 0 aliphatic carbocycles. The number of hydrogen-bond acceptors (Lipinski definition) is 8. The molecule has 10 nitrogen and oxygen atoms in total. The van der Waals surface area contributed by atoms with Crippen LogP contribution in [-0.4, -0.2) is 54.8 Å². The molecular weight excluding hydrogens is 282 g/mol. The molecule has 0 amide bonds. The molecule has 1 fully saturated rings. The molecule has 10 heteroatoms. The first-order valence-electron chi connectivity index (χ1n) is 6.27. The highest BCUT2D eigenvalue weighted by atomic mass is 16.6. The smallest absolute Gasteiger partial charge is 0.309 e. The van der Waals surface area contributed by atoms with E-state index in [-0.39, 0.29) is 17.1 Å². The zero-order valence-corrected chi connectivity index (χ0v) is 11.1. The minimum atomic E-state index is -1.27. The van der Waals surface area contributed by atoms with Gasteiger partial charge in [0.05, 0.1) is 13.7 Å². The number of ether oxygens (including phenoxy) is 1. The number of hydrogen-bond donors (Lipinski definition) is 4. The van der Waals surface area contributed by atoms with E-state index in [1.165, 1.54) is 15.5 Å². The maximum atomic E-state index is 11.9. The Hall–Kier alpha value is -2.01. The van der Waals surface area contributed by atoms with Crippen LogP contribution in [0.4, 0.5) is 5.95 Å². The first-order chi connectivity index (χ1) is 9.93. The quantitative estimate of drug-likeness (QED) is 0.417. The van der Waals surface area contributed by atoms with Crippen molar-refractivity contribution in [1.29, 1.82) is 0 Å². The summed E-state index contributed by atoms with van der Waals surface area (Å²) < 4.78 is 8.28. The van der Waals surface area contributed by atoms with Crippen molar-refractivity contribution < 1.29 is 29.7 Å². The average molecular weight is 297 g/mol. The minimum Gasteiger partial charge on any atom is -0.856 e. The van der Waals surface area contributed by atoms with Crippen LogP contribution < -0.4 is 15.4 Å². The number of nitrogens with zero attached hydrogens (tertiary/aromatic N) is 4. The van der Waals surface area contributed by atoms with Crippen LogP contribution in [0.5, 0.6) is 5.88 Å². The summed E-state index contributed by atoms with van der Waals surface area (Å²) in [7, 11) is 1.61. The molecule has 3 rings (SSSR count). The topological polar surface area (TPSA) is 154 Å². The molecule has 114 valence electrons. The number of aromatic nitrogens is 4. The number of rotatable bonds is 2. The minimum absolute atomic E-state index is 0.185. The normalized spacial score (nSPS) is 29.3. The Kier molecular flexibility index (Phi) is 3.17. The molecule has 4 atom stereocenters. The number of imidazole rings is 1. The second-order valence-corrected chi connectivity index (χ2v) is 4.92. The number of aliphatic hydroxyl groups excluding tert-OH is 3. The van der Waals surface area contributed by atoms with E-state index in [1.807, 2.05) is 0 Å². The van der Waals surface area contributed by atoms with E-state index in [4.69, 9.17) is 15.6 Å². The van der Waals surface area contributed by atoms with Crippen molar-refractivity contribution in [3.05, 3.63) is 6.33 Å². The van der Waals surface area contributed by atoms with E-state index in [0.29, 0.717) is 0 Å². The molecule has 5 N–H and O–H groups in total. The van der Waals surface area contributed by atoms with Gasteiger partial charge in [-0.3, -0.25) is 4.57 Å². The van der Waals surface area contributed by atoms with E-state index in [1.54, 1.807) is 7.05 Å². The monoisotopic (exact) mass is 297 g/mol. The van der Waals surface area contributed by atoms with Gasteiger partial charge in [-0.1, -0.05) is 4.98 Å². The van der Waals surface area contributed by atoms with Crippen LogP contribution in [0.25, 0.3) is 11.2 Å². The number of anilines is 1. The molecule has 0 radical (unpaired) electrons. The van der Waals surface area contributed by atoms with Gasteiger partial charge in [-0.05, 0) is 0 Å². The average Bonchev–Trinajstić information content (AvgIpc) is 2.89. The van der Waals surface area contributed by atoms with Crippen molar-refractivity contribution in [2.24, 2.45) is 7.05 Å². The van der Waals surface area contributed by atoms with Gasteiger partial charge in [0.15, 0.2) is 11.8 Å². The van der Waals surface area contributed by atoms with Crippen molar-refractivity contribution >= 4 is 17.1 Å². The summed E-state index contributed by atoms with van der Waals surface area (Å²) in [5, 5.41) is 40.8. The molecule has 2 unspecified atom stereocenters. The summed E-state index contributed by atoms with van der Waals surface area (Å²) >= 11 is 0. The standard InChI is InChI=1S/C11H15N5O5/c1-15-3-16(8-5(15)9(20)14-11(12)13-8)10-7(19)6(18)4(2-17)21-10/h3-4,6-7,10,17-19H,2H2,1H3,(H2-,12,13,14,20)/t4-,6?,7?,10-/m1/s1. The summed E-state index contributed by atoms with van der Waals surface area (Å²) in [5.41, 5.74) is 5.86. The van der Waals surface area contributed by atoms with Gasteiger partial charge >= 0.3 is 5.65 Å². The molecule has 3 heterocycles. The summed E-state index contributed by atoms with van der Waals surface area (Å²) in [4.78, 5) is 7.54. The zero-order chi connectivity index (χ0) is 15.3. The molecule has 0 spiro atoms. The van der Waals surface area contributed by atoms with Gasteiger partial charge in [-0.2, -0.15) is 0 Å². The van der Waals surface area contributed by atoms with Crippen LogP contribution >= 0.6 is 0 Å². The Morgan fingerprint density at radius 1 is 1.43 bits per heavy atom. The third kappa shape index (κ3) is 2.00. The van der Waals surface area contributed by atoms with Gasteiger partial charge in [0, 0.05) is 5.88 Å². The molecule has 0 bridgehead atoms. The predicted molar refractivity (Wildman–Crippen MR) is 65.6 cm³/mol. The summed E-state index contributed by atoms with van der Waals surface area (Å²) in [6.45, 7) is -0.440. The number of fused-ring (bicyclic) bond motifs is 1. The SMILES string of the molecule is Cn1c[n+]([C@@H]2O[C@H](CO)C(O)C2O)c2nc(N)nc([O-])c21. The number of aryl methyl sites for hydroxylation is 1. The van der Waals surface area contributed by atoms with Crippen LogP contribution in [0.3, 0.4) is 0 Å². The van der Waals surface area contributed by atoms with Gasteiger partial charge in [0.2, 0.25) is 6.23 Å². The fourth-order valence-electron chi connectivity index (χ4n) is 2.52. The molecule has 1 aliphatic heterocycles. The van der Waals surface area contributed by atoms with Crippen molar-refractivity contribution in [2.45, 2.75) is 24.5 Å². The predicted octanol–water partition coefficient (Wildman–Crippen LogP) is -3.48. The Morgan fingerprint density at radius 2 is 2.14 bits per heavy atom. The highest BCUT2D eigenvalue weighted by Gasteiger charge is 2.46. The van der Waals surface area contributed by atoms with Crippen LogP contribution in [0.1, 0.15) is 6.23 Å². The lowest BCUT2D eigenvalue weighted by Crippen LogP contribution is -2.46. The Bertz CT molecular complexity index is 689. The highest BCUT2D eigenvalue weighted by molar-refractivity contribution is 5.73. The van der Waals surface area contributed by atoms with Crippen LogP contribution in [0.15, 0.2) is 6.33 Å². The zero-order valence-electron chi connectivity index (χ0n) is 11.1. The maximum Gasteiger partial charge on any atom is 0.309 e. The molecular formula is C11H15N5O5. The molecule has 0 aromatic carbocycles. The highest BCUT2D eigenvalue weighted by Crippen LogP contribution is 2.27. The molecule has 1 saturated heterocycles. The summed E-state index contributed by atoms with van der Waals surface area (Å²) in [5.74, 6) is -0.746. The van der Waals surface area contributed by atoms with Crippen molar-refractivity contribution in [2.75, 3.05) is 12.3 Å². The third-order valence-electron chi connectivity index (χ3n) is 3.54.